The molecule has 3 rings (SSSR count). The van der Waals surface area contributed by atoms with Crippen LogP contribution in [0.4, 0.5) is 5.82 Å². The number of thiophene rings is 1. The molecule has 126 valence electrons. The van der Waals surface area contributed by atoms with Crippen molar-refractivity contribution in [2.75, 3.05) is 31.1 Å². The Bertz CT molecular complexity index is 669. The van der Waals surface area contributed by atoms with Crippen molar-refractivity contribution in [3.63, 3.8) is 0 Å². The third-order valence-electron chi connectivity index (χ3n) is 4.57. The molecule has 1 aliphatic heterocycles. The summed E-state index contributed by atoms with van der Waals surface area (Å²) >= 11 is 1.77. The number of fused-ring (bicyclic) bond motifs is 1. The average Bonchev–Trinajstić information content (AvgIpc) is 2.88. The van der Waals surface area contributed by atoms with Gasteiger partial charge in [0.25, 0.3) is 0 Å². The van der Waals surface area contributed by atoms with Crippen molar-refractivity contribution in [3.05, 3.63) is 16.8 Å². The predicted octanol–water partition coefficient (Wildman–Crippen LogP) is 3.73. The van der Waals surface area contributed by atoms with Crippen LogP contribution in [0, 0.1) is 12.8 Å². The van der Waals surface area contributed by atoms with E-state index in [1.807, 2.05) is 6.92 Å². The molecular weight excluding hydrogens is 304 g/mol. The van der Waals surface area contributed by atoms with Gasteiger partial charge in [0.1, 0.15) is 16.5 Å². The summed E-state index contributed by atoms with van der Waals surface area (Å²) in [5, 5.41) is 3.58. The van der Waals surface area contributed by atoms with Gasteiger partial charge in [-0.05, 0) is 44.1 Å². The third kappa shape index (κ3) is 3.50. The highest BCUT2D eigenvalue weighted by atomic mass is 32.1. The summed E-state index contributed by atoms with van der Waals surface area (Å²) in [5.41, 5.74) is 1.42. The maximum atomic E-state index is 4.84. The molecule has 0 spiro atoms. The van der Waals surface area contributed by atoms with Crippen LogP contribution in [0.1, 0.15) is 39.1 Å². The summed E-state index contributed by atoms with van der Waals surface area (Å²) < 4.78 is 0. The molecule has 0 N–H and O–H groups in total. The molecule has 1 saturated heterocycles. The lowest BCUT2D eigenvalue weighted by Gasteiger charge is -2.37. The van der Waals surface area contributed by atoms with Crippen LogP contribution >= 0.6 is 11.3 Å². The Hall–Kier alpha value is -1.20. The fourth-order valence-electron chi connectivity index (χ4n) is 3.35. The SMILES string of the molecule is Cc1nc(N2CCN(C(C)C)CC2)c2c(CC(C)C)csc2n1. The van der Waals surface area contributed by atoms with Crippen LogP contribution in [0.25, 0.3) is 10.2 Å². The molecule has 3 heterocycles. The van der Waals surface area contributed by atoms with Gasteiger partial charge in [0.2, 0.25) is 0 Å². The molecule has 0 bridgehead atoms. The topological polar surface area (TPSA) is 32.3 Å². The molecule has 1 aliphatic rings. The number of anilines is 1. The predicted molar refractivity (Wildman–Crippen MR) is 99.6 cm³/mol. The van der Waals surface area contributed by atoms with Gasteiger partial charge in [-0.15, -0.1) is 11.3 Å². The summed E-state index contributed by atoms with van der Waals surface area (Å²) in [6, 6.07) is 0.627. The smallest absolute Gasteiger partial charge is 0.141 e. The zero-order chi connectivity index (χ0) is 16.6. The lowest BCUT2D eigenvalue weighted by Crippen LogP contribution is -2.49. The Kier molecular flexibility index (Phi) is 4.87. The molecule has 5 heteroatoms. The van der Waals surface area contributed by atoms with Crippen LogP contribution in [0.15, 0.2) is 5.38 Å². The van der Waals surface area contributed by atoms with E-state index >= 15 is 0 Å². The van der Waals surface area contributed by atoms with E-state index in [9.17, 15) is 0 Å². The van der Waals surface area contributed by atoms with Gasteiger partial charge in [-0.25, -0.2) is 9.97 Å². The molecule has 0 atom stereocenters. The molecule has 2 aromatic rings. The Morgan fingerprint density at radius 1 is 1.09 bits per heavy atom. The number of nitrogens with zero attached hydrogens (tertiary/aromatic N) is 4. The molecule has 1 fully saturated rings. The zero-order valence-corrected chi connectivity index (χ0v) is 15.8. The number of hydrogen-bond donors (Lipinski definition) is 0. The maximum Gasteiger partial charge on any atom is 0.141 e. The van der Waals surface area contributed by atoms with Crippen LogP contribution in [0.2, 0.25) is 0 Å². The first-order valence-corrected chi connectivity index (χ1v) is 9.57. The molecule has 0 unspecified atom stereocenters. The van der Waals surface area contributed by atoms with Crippen molar-refractivity contribution in [3.8, 4) is 0 Å². The molecule has 0 aromatic carbocycles. The van der Waals surface area contributed by atoms with Crippen molar-refractivity contribution in [2.45, 2.75) is 47.1 Å². The second kappa shape index (κ2) is 6.73. The minimum absolute atomic E-state index is 0.627. The minimum atomic E-state index is 0.627. The largest absolute Gasteiger partial charge is 0.353 e. The van der Waals surface area contributed by atoms with Crippen LogP contribution in [-0.4, -0.2) is 47.1 Å². The molecule has 2 aromatic heterocycles. The summed E-state index contributed by atoms with van der Waals surface area (Å²) in [6.45, 7) is 15.5. The summed E-state index contributed by atoms with van der Waals surface area (Å²) in [6.07, 6.45) is 1.10. The van der Waals surface area contributed by atoms with Gasteiger partial charge in [-0.2, -0.15) is 0 Å². The number of rotatable bonds is 4. The van der Waals surface area contributed by atoms with Gasteiger partial charge in [0.15, 0.2) is 0 Å². The second-order valence-electron chi connectivity index (χ2n) is 7.25. The van der Waals surface area contributed by atoms with E-state index in [2.05, 4.69) is 47.9 Å². The first kappa shape index (κ1) is 16.7. The highest BCUT2D eigenvalue weighted by Crippen LogP contribution is 2.34. The highest BCUT2D eigenvalue weighted by molar-refractivity contribution is 7.17. The van der Waals surface area contributed by atoms with Gasteiger partial charge in [-0.3, -0.25) is 4.90 Å². The van der Waals surface area contributed by atoms with E-state index in [0.29, 0.717) is 12.0 Å². The second-order valence-corrected chi connectivity index (χ2v) is 8.11. The van der Waals surface area contributed by atoms with Crippen molar-refractivity contribution >= 4 is 27.4 Å². The normalized spacial score (nSPS) is 16.9. The van der Waals surface area contributed by atoms with Crippen LogP contribution in [-0.2, 0) is 6.42 Å². The Morgan fingerprint density at radius 2 is 1.78 bits per heavy atom. The van der Waals surface area contributed by atoms with Crippen LogP contribution in [0.3, 0.4) is 0 Å². The van der Waals surface area contributed by atoms with Crippen LogP contribution in [0.5, 0.6) is 0 Å². The fourth-order valence-corrected chi connectivity index (χ4v) is 4.35. The van der Waals surface area contributed by atoms with E-state index in [-0.39, 0.29) is 0 Å². The maximum absolute atomic E-state index is 4.84. The molecule has 0 radical (unpaired) electrons. The Balaban J connectivity index is 1.95. The molecular formula is C18H28N4S. The monoisotopic (exact) mass is 332 g/mol. The van der Waals surface area contributed by atoms with E-state index in [0.717, 1.165) is 49.1 Å². The first-order valence-electron chi connectivity index (χ1n) is 8.69. The minimum Gasteiger partial charge on any atom is -0.353 e. The van der Waals surface area contributed by atoms with Gasteiger partial charge >= 0.3 is 0 Å². The van der Waals surface area contributed by atoms with Crippen LogP contribution < -0.4 is 4.90 Å². The standard InChI is InChI=1S/C18H28N4S/c1-12(2)10-15-11-23-18-16(15)17(19-14(5)20-18)22-8-6-21(7-9-22)13(3)4/h11-13H,6-10H2,1-5H3. The quantitative estimate of drug-likeness (QED) is 0.854. The van der Waals surface area contributed by atoms with Gasteiger partial charge in [-0.1, -0.05) is 13.8 Å². The number of hydrogen-bond acceptors (Lipinski definition) is 5. The fraction of sp³-hybridized carbons (Fsp3) is 0.667. The van der Waals surface area contributed by atoms with Gasteiger partial charge in [0, 0.05) is 32.2 Å². The van der Waals surface area contributed by atoms with Gasteiger partial charge < -0.3 is 4.90 Å². The Morgan fingerprint density at radius 3 is 2.39 bits per heavy atom. The summed E-state index contributed by atoms with van der Waals surface area (Å²) in [4.78, 5) is 15.7. The third-order valence-corrected chi connectivity index (χ3v) is 5.50. The van der Waals surface area contributed by atoms with E-state index in [1.54, 1.807) is 11.3 Å². The number of aromatic nitrogens is 2. The molecule has 4 nitrogen and oxygen atoms in total. The highest BCUT2D eigenvalue weighted by Gasteiger charge is 2.23. The average molecular weight is 333 g/mol. The molecule has 0 amide bonds. The zero-order valence-electron chi connectivity index (χ0n) is 15.0. The number of piperazine rings is 1. The molecule has 0 aliphatic carbocycles. The van der Waals surface area contributed by atoms with E-state index in [4.69, 9.17) is 4.98 Å². The van der Waals surface area contributed by atoms with Gasteiger partial charge in [0.05, 0.1) is 5.39 Å². The van der Waals surface area contributed by atoms with E-state index in [1.165, 1.54) is 10.9 Å². The molecule has 0 saturated carbocycles. The van der Waals surface area contributed by atoms with E-state index < -0.39 is 0 Å². The lowest BCUT2D eigenvalue weighted by molar-refractivity contribution is 0.209. The van der Waals surface area contributed by atoms with Crippen molar-refractivity contribution < 1.29 is 0 Å². The lowest BCUT2D eigenvalue weighted by atomic mass is 10.0. The Labute approximate surface area is 143 Å². The van der Waals surface area contributed by atoms with Crippen molar-refractivity contribution in [2.24, 2.45) is 5.92 Å². The first-order chi connectivity index (χ1) is 11.0. The van der Waals surface area contributed by atoms with Crippen molar-refractivity contribution in [1.82, 2.24) is 14.9 Å². The van der Waals surface area contributed by atoms with Crippen molar-refractivity contribution in [1.29, 1.82) is 0 Å². The summed E-state index contributed by atoms with van der Waals surface area (Å²) in [7, 11) is 0. The summed E-state index contributed by atoms with van der Waals surface area (Å²) in [5.74, 6) is 2.70. The number of aryl methyl sites for hydroxylation is 1. The molecule has 23 heavy (non-hydrogen) atoms.